The number of hydrogen-bond donors (Lipinski definition) is 2. The van der Waals surface area contributed by atoms with Crippen molar-refractivity contribution >= 4 is 23.1 Å². The zero-order valence-electron chi connectivity index (χ0n) is 9.94. The first-order chi connectivity index (χ1) is 7.85. The highest BCUT2D eigenvalue weighted by molar-refractivity contribution is 5.92. The van der Waals surface area contributed by atoms with Crippen LogP contribution in [0.4, 0.5) is 6.01 Å². The first-order valence-corrected chi connectivity index (χ1v) is 5.27. The smallest absolute Gasteiger partial charge is 0.335 e. The maximum Gasteiger partial charge on any atom is 0.335 e. The Labute approximate surface area is 98.5 Å². The highest BCUT2D eigenvalue weighted by Gasteiger charge is 2.15. The second-order valence-electron chi connectivity index (χ2n) is 4.88. The lowest BCUT2D eigenvalue weighted by Gasteiger charge is -2.18. The highest BCUT2D eigenvalue weighted by atomic mass is 16.4. The molecular weight excluding hydrogens is 220 g/mol. The molecule has 0 spiro atoms. The van der Waals surface area contributed by atoms with Gasteiger partial charge in [0.2, 0.25) is 0 Å². The van der Waals surface area contributed by atoms with Gasteiger partial charge in [0.25, 0.3) is 6.01 Å². The van der Waals surface area contributed by atoms with Gasteiger partial charge in [0.05, 0.1) is 5.56 Å². The van der Waals surface area contributed by atoms with Crippen molar-refractivity contribution < 1.29 is 14.3 Å². The van der Waals surface area contributed by atoms with E-state index < -0.39 is 5.97 Å². The monoisotopic (exact) mass is 234 g/mol. The van der Waals surface area contributed by atoms with Gasteiger partial charge in [-0.15, -0.1) is 0 Å². The number of oxazole rings is 1. The molecule has 0 fully saturated rings. The van der Waals surface area contributed by atoms with Crippen LogP contribution in [0, 0.1) is 0 Å². The number of nitrogens with one attached hydrogen (secondary N) is 1. The molecule has 1 heterocycles. The van der Waals surface area contributed by atoms with Gasteiger partial charge >= 0.3 is 5.97 Å². The number of carboxylic acid groups (broad SMARTS) is 1. The molecule has 0 amide bonds. The van der Waals surface area contributed by atoms with Crippen molar-refractivity contribution in [3.8, 4) is 0 Å². The number of hydrogen-bond acceptors (Lipinski definition) is 4. The zero-order chi connectivity index (χ0) is 12.6. The number of anilines is 1. The summed E-state index contributed by atoms with van der Waals surface area (Å²) in [5.74, 6) is -0.978. The zero-order valence-corrected chi connectivity index (χ0v) is 9.94. The number of nitrogens with zero attached hydrogens (tertiary/aromatic N) is 1. The second kappa shape index (κ2) is 3.76. The van der Waals surface area contributed by atoms with Crippen LogP contribution in [0.3, 0.4) is 0 Å². The summed E-state index contributed by atoms with van der Waals surface area (Å²) in [6, 6.07) is 5.01. The van der Waals surface area contributed by atoms with Gasteiger partial charge in [-0.2, -0.15) is 4.98 Å². The summed E-state index contributed by atoms with van der Waals surface area (Å²) < 4.78 is 5.45. The van der Waals surface area contributed by atoms with Gasteiger partial charge in [-0.1, -0.05) is 0 Å². The van der Waals surface area contributed by atoms with Crippen LogP contribution in [0.5, 0.6) is 0 Å². The van der Waals surface area contributed by atoms with Gasteiger partial charge in [0.15, 0.2) is 5.58 Å². The fraction of sp³-hybridized carbons (Fsp3) is 0.333. The van der Waals surface area contributed by atoms with E-state index in [4.69, 9.17) is 9.52 Å². The average molecular weight is 234 g/mol. The number of carbonyl (C=O) groups is 1. The minimum atomic E-state index is -0.978. The number of aromatic carboxylic acids is 1. The Kier molecular flexibility index (Phi) is 2.53. The quantitative estimate of drug-likeness (QED) is 0.835. The number of fused-ring (bicyclic) bond motifs is 1. The predicted molar refractivity (Wildman–Crippen MR) is 64.3 cm³/mol. The molecule has 1 aromatic carbocycles. The van der Waals surface area contributed by atoms with Crippen molar-refractivity contribution in [2.45, 2.75) is 26.3 Å². The van der Waals surface area contributed by atoms with E-state index in [9.17, 15) is 4.79 Å². The average Bonchev–Trinajstić information content (AvgIpc) is 2.54. The molecule has 90 valence electrons. The van der Waals surface area contributed by atoms with Crippen LogP contribution in [0.25, 0.3) is 11.1 Å². The van der Waals surface area contributed by atoms with Gasteiger partial charge < -0.3 is 14.8 Å². The Bertz CT molecular complexity index is 567. The molecule has 0 radical (unpaired) electrons. The summed E-state index contributed by atoms with van der Waals surface area (Å²) in [6.45, 7) is 5.97. The van der Waals surface area contributed by atoms with Crippen LogP contribution in [-0.2, 0) is 0 Å². The fourth-order valence-corrected chi connectivity index (χ4v) is 1.43. The van der Waals surface area contributed by atoms with E-state index in [1.54, 1.807) is 6.07 Å². The van der Waals surface area contributed by atoms with Crippen molar-refractivity contribution in [1.29, 1.82) is 0 Å². The molecule has 0 unspecified atom stereocenters. The molecule has 1 aromatic heterocycles. The maximum atomic E-state index is 10.8. The molecule has 0 atom stereocenters. The van der Waals surface area contributed by atoms with Gasteiger partial charge in [-0.05, 0) is 39.0 Å². The molecule has 0 bridgehead atoms. The number of rotatable bonds is 2. The second-order valence-corrected chi connectivity index (χ2v) is 4.88. The lowest BCUT2D eigenvalue weighted by atomic mass is 10.1. The third-order valence-electron chi connectivity index (χ3n) is 2.12. The normalized spacial score (nSPS) is 11.7. The number of aromatic nitrogens is 1. The molecule has 2 rings (SSSR count). The van der Waals surface area contributed by atoms with Gasteiger partial charge in [-0.25, -0.2) is 4.79 Å². The van der Waals surface area contributed by atoms with Gasteiger partial charge in [-0.3, -0.25) is 0 Å². The van der Waals surface area contributed by atoms with E-state index >= 15 is 0 Å². The van der Waals surface area contributed by atoms with Crippen LogP contribution in [0.1, 0.15) is 31.1 Å². The van der Waals surface area contributed by atoms with Crippen LogP contribution in [-0.4, -0.2) is 21.6 Å². The Morgan fingerprint density at radius 1 is 1.41 bits per heavy atom. The Morgan fingerprint density at radius 3 is 2.71 bits per heavy atom. The number of carboxylic acids is 1. The molecular formula is C12H14N2O3. The van der Waals surface area contributed by atoms with Gasteiger partial charge in [0.1, 0.15) is 5.52 Å². The van der Waals surface area contributed by atoms with Crippen LogP contribution in [0.2, 0.25) is 0 Å². The predicted octanol–water partition coefficient (Wildman–Crippen LogP) is 2.74. The van der Waals surface area contributed by atoms with E-state index in [2.05, 4.69) is 10.3 Å². The van der Waals surface area contributed by atoms with Crippen molar-refractivity contribution in [2.24, 2.45) is 0 Å². The van der Waals surface area contributed by atoms with Gasteiger partial charge in [0, 0.05) is 5.54 Å². The van der Waals surface area contributed by atoms with E-state index in [1.165, 1.54) is 12.1 Å². The lowest BCUT2D eigenvalue weighted by molar-refractivity contribution is 0.0697. The molecule has 0 aliphatic carbocycles. The summed E-state index contributed by atoms with van der Waals surface area (Å²) in [5.41, 5.74) is 1.14. The molecule has 2 aromatic rings. The minimum absolute atomic E-state index is 0.156. The van der Waals surface area contributed by atoms with Crippen LogP contribution >= 0.6 is 0 Å². The summed E-state index contributed by atoms with van der Waals surface area (Å²) in [4.78, 5) is 15.0. The van der Waals surface area contributed by atoms with Crippen molar-refractivity contribution in [1.82, 2.24) is 4.98 Å². The maximum absolute atomic E-state index is 10.8. The van der Waals surface area contributed by atoms with E-state index in [0.717, 1.165) is 0 Å². The minimum Gasteiger partial charge on any atom is -0.478 e. The first kappa shape index (κ1) is 11.4. The van der Waals surface area contributed by atoms with Crippen molar-refractivity contribution in [3.63, 3.8) is 0 Å². The molecule has 17 heavy (non-hydrogen) atoms. The third-order valence-corrected chi connectivity index (χ3v) is 2.12. The number of benzene rings is 1. The third kappa shape index (κ3) is 2.55. The molecule has 0 saturated heterocycles. The SMILES string of the molecule is CC(C)(C)Nc1nc2ccc(C(=O)O)cc2o1. The summed E-state index contributed by atoms with van der Waals surface area (Å²) in [5, 5.41) is 12.0. The molecule has 0 saturated carbocycles. The summed E-state index contributed by atoms with van der Waals surface area (Å²) in [6.07, 6.45) is 0. The van der Waals surface area contributed by atoms with E-state index in [0.29, 0.717) is 17.1 Å². The Hall–Kier alpha value is -2.04. The molecule has 0 aliphatic rings. The summed E-state index contributed by atoms with van der Waals surface area (Å²) >= 11 is 0. The van der Waals surface area contributed by atoms with Crippen LogP contribution in [0.15, 0.2) is 22.6 Å². The lowest BCUT2D eigenvalue weighted by Crippen LogP contribution is -2.26. The van der Waals surface area contributed by atoms with E-state index in [-0.39, 0.29) is 11.1 Å². The largest absolute Gasteiger partial charge is 0.478 e. The van der Waals surface area contributed by atoms with Crippen molar-refractivity contribution in [2.75, 3.05) is 5.32 Å². The highest BCUT2D eigenvalue weighted by Crippen LogP contribution is 2.22. The van der Waals surface area contributed by atoms with Crippen LogP contribution < -0.4 is 5.32 Å². The topological polar surface area (TPSA) is 75.4 Å². The first-order valence-electron chi connectivity index (χ1n) is 5.27. The Morgan fingerprint density at radius 2 is 2.12 bits per heavy atom. The Balaban J connectivity index is 2.40. The standard InChI is InChI=1S/C12H14N2O3/c1-12(2,3)14-11-13-8-5-4-7(10(15)16)6-9(8)17-11/h4-6H,1-3H3,(H,13,14)(H,15,16). The van der Waals surface area contributed by atoms with E-state index in [1.807, 2.05) is 20.8 Å². The van der Waals surface area contributed by atoms with Crippen molar-refractivity contribution in [3.05, 3.63) is 23.8 Å². The molecule has 5 heteroatoms. The molecule has 0 aliphatic heterocycles. The molecule has 2 N–H and O–H groups in total. The molecule has 5 nitrogen and oxygen atoms in total. The fourth-order valence-electron chi connectivity index (χ4n) is 1.43. The summed E-state index contributed by atoms with van der Waals surface area (Å²) in [7, 11) is 0.